The van der Waals surface area contributed by atoms with Crippen LogP contribution in [0.25, 0.3) is 0 Å². The van der Waals surface area contributed by atoms with E-state index in [2.05, 4.69) is 0 Å². The summed E-state index contributed by atoms with van der Waals surface area (Å²) in [6.07, 6.45) is 0. The van der Waals surface area contributed by atoms with Crippen molar-refractivity contribution < 1.29 is 17.9 Å². The molecule has 0 amide bonds. The van der Waals surface area contributed by atoms with Crippen LogP contribution in [0.4, 0.5) is 0 Å². The molecule has 0 bridgehead atoms. The predicted octanol–water partition coefficient (Wildman–Crippen LogP) is 4.82. The zero-order chi connectivity index (χ0) is 17.5. The summed E-state index contributed by atoms with van der Waals surface area (Å²) in [6, 6.07) is 9.65. The smallest absolute Gasteiger partial charge is 0.263 e. The van der Waals surface area contributed by atoms with Crippen molar-refractivity contribution >= 4 is 54.5 Å². The Hall–Kier alpha value is -0.530. The quantitative estimate of drug-likeness (QED) is 0.658. The molecule has 0 aromatic heterocycles. The van der Waals surface area contributed by atoms with E-state index in [9.17, 15) is 8.42 Å². The van der Waals surface area contributed by atoms with Crippen LogP contribution in [-0.4, -0.2) is 21.6 Å². The van der Waals surface area contributed by atoms with Crippen LogP contribution >= 0.6 is 45.5 Å². The van der Waals surface area contributed by atoms with Gasteiger partial charge in [-0.05, 0) is 18.2 Å². The summed E-state index contributed by atoms with van der Waals surface area (Å²) in [5.41, 5.74) is 0.666. The molecule has 3 rings (SSSR count). The second kappa shape index (κ2) is 6.65. The number of halogens is 4. The molecule has 1 aliphatic heterocycles. The molecular formula is C15H10Cl4O4S. The number of hydrogen-bond acceptors (Lipinski definition) is 4. The highest BCUT2D eigenvalue weighted by molar-refractivity contribution is 8.13. The van der Waals surface area contributed by atoms with Crippen molar-refractivity contribution in [3.05, 3.63) is 62.6 Å². The zero-order valence-corrected chi connectivity index (χ0v) is 15.8. The standard InChI is InChI=1S/C15H10Cl4O4S/c16-10-3-1-2-9(8-10)15(22-6-7-23-15)11-4-5-12(17)13(18)14(11)24(19,20)21/h1-5,8H,6-7H2. The lowest BCUT2D eigenvalue weighted by molar-refractivity contribution is -0.131. The summed E-state index contributed by atoms with van der Waals surface area (Å²) in [5.74, 6) is -1.49. The number of ether oxygens (including phenoxy) is 2. The zero-order valence-electron chi connectivity index (χ0n) is 11.9. The van der Waals surface area contributed by atoms with E-state index in [1.807, 2.05) is 0 Å². The molecule has 0 radical (unpaired) electrons. The van der Waals surface area contributed by atoms with Crippen LogP contribution in [0, 0.1) is 0 Å². The predicted molar refractivity (Wildman–Crippen MR) is 93.6 cm³/mol. The van der Waals surface area contributed by atoms with Gasteiger partial charge in [0.15, 0.2) is 0 Å². The largest absolute Gasteiger partial charge is 0.340 e. The summed E-state index contributed by atoms with van der Waals surface area (Å²) >= 11 is 18.1. The van der Waals surface area contributed by atoms with Crippen molar-refractivity contribution in [1.82, 2.24) is 0 Å². The van der Waals surface area contributed by atoms with Gasteiger partial charge in [-0.2, -0.15) is 0 Å². The first kappa shape index (κ1) is 18.3. The first-order chi connectivity index (χ1) is 11.3. The number of benzene rings is 2. The van der Waals surface area contributed by atoms with E-state index in [-0.39, 0.29) is 33.7 Å². The van der Waals surface area contributed by atoms with Gasteiger partial charge in [0.25, 0.3) is 9.05 Å². The Bertz CT molecular complexity index is 892. The molecule has 0 atom stereocenters. The van der Waals surface area contributed by atoms with E-state index in [1.54, 1.807) is 24.3 Å². The fourth-order valence-corrected chi connectivity index (χ4v) is 4.87. The molecule has 1 aliphatic rings. The van der Waals surface area contributed by atoms with Gasteiger partial charge in [-0.3, -0.25) is 0 Å². The molecule has 9 heteroatoms. The van der Waals surface area contributed by atoms with Gasteiger partial charge in [0.2, 0.25) is 5.79 Å². The van der Waals surface area contributed by atoms with Crippen LogP contribution in [0.15, 0.2) is 41.3 Å². The second-order valence-electron chi connectivity index (χ2n) is 5.00. The molecule has 0 unspecified atom stereocenters. The first-order valence-corrected chi connectivity index (χ1v) is 10.2. The lowest BCUT2D eigenvalue weighted by Gasteiger charge is -2.30. The van der Waals surface area contributed by atoms with Crippen LogP contribution in [-0.2, 0) is 24.3 Å². The summed E-state index contributed by atoms with van der Waals surface area (Å²) < 4.78 is 35.8. The third-order valence-corrected chi connectivity index (χ3v) is 6.07. The lowest BCUT2D eigenvalue weighted by Crippen LogP contribution is -2.30. The van der Waals surface area contributed by atoms with E-state index >= 15 is 0 Å². The van der Waals surface area contributed by atoms with Crippen molar-refractivity contribution in [2.24, 2.45) is 0 Å². The Morgan fingerprint density at radius 3 is 2.25 bits per heavy atom. The summed E-state index contributed by atoms with van der Waals surface area (Å²) in [6.45, 7) is 0.517. The molecule has 0 spiro atoms. The summed E-state index contributed by atoms with van der Waals surface area (Å²) in [5, 5.41) is 0.310. The Morgan fingerprint density at radius 1 is 1.00 bits per heavy atom. The number of hydrogen-bond donors (Lipinski definition) is 0. The van der Waals surface area contributed by atoms with Gasteiger partial charge in [-0.1, -0.05) is 53.0 Å². The van der Waals surface area contributed by atoms with Crippen molar-refractivity contribution in [1.29, 1.82) is 0 Å². The van der Waals surface area contributed by atoms with Crippen molar-refractivity contribution in [3.63, 3.8) is 0 Å². The minimum atomic E-state index is -4.22. The molecule has 128 valence electrons. The molecule has 0 aliphatic carbocycles. The molecule has 1 fully saturated rings. The van der Waals surface area contributed by atoms with Gasteiger partial charge in [0, 0.05) is 26.8 Å². The van der Waals surface area contributed by atoms with E-state index in [0.717, 1.165) is 0 Å². The average molecular weight is 428 g/mol. The van der Waals surface area contributed by atoms with Crippen LogP contribution in [0.2, 0.25) is 15.1 Å². The molecule has 0 saturated carbocycles. The van der Waals surface area contributed by atoms with Crippen molar-refractivity contribution in [2.45, 2.75) is 10.7 Å². The van der Waals surface area contributed by atoms with Crippen molar-refractivity contribution in [3.8, 4) is 0 Å². The Balaban J connectivity index is 2.35. The SMILES string of the molecule is O=S(=O)(Cl)c1c(C2(c3cccc(Cl)c3)OCCO2)ccc(Cl)c1Cl. The third-order valence-electron chi connectivity index (χ3n) is 3.55. The maximum absolute atomic E-state index is 12.1. The van der Waals surface area contributed by atoms with Gasteiger partial charge in [-0.15, -0.1) is 0 Å². The van der Waals surface area contributed by atoms with E-state index < -0.39 is 14.8 Å². The fraction of sp³-hybridized carbons (Fsp3) is 0.200. The van der Waals surface area contributed by atoms with Gasteiger partial charge >= 0.3 is 0 Å². The molecule has 1 saturated heterocycles. The van der Waals surface area contributed by atoms with Gasteiger partial charge in [0.05, 0.1) is 23.3 Å². The Kier molecular flexibility index (Phi) is 5.06. The molecule has 24 heavy (non-hydrogen) atoms. The molecule has 2 aromatic rings. The number of rotatable bonds is 3. The maximum Gasteiger partial charge on any atom is 0.263 e. The lowest BCUT2D eigenvalue weighted by atomic mass is 9.97. The highest BCUT2D eigenvalue weighted by atomic mass is 35.7. The van der Waals surface area contributed by atoms with Crippen LogP contribution in [0.3, 0.4) is 0 Å². The summed E-state index contributed by atoms with van der Waals surface area (Å²) in [7, 11) is 1.37. The Morgan fingerprint density at radius 2 is 1.67 bits per heavy atom. The molecule has 1 heterocycles. The molecule has 2 aromatic carbocycles. The minimum Gasteiger partial charge on any atom is -0.340 e. The Labute approximate surface area is 158 Å². The van der Waals surface area contributed by atoms with Gasteiger partial charge in [0.1, 0.15) is 4.90 Å². The van der Waals surface area contributed by atoms with E-state index in [0.29, 0.717) is 10.6 Å². The average Bonchev–Trinajstić information content (AvgIpc) is 2.99. The molecular weight excluding hydrogens is 418 g/mol. The third kappa shape index (κ3) is 3.15. The topological polar surface area (TPSA) is 52.6 Å². The molecule has 4 nitrogen and oxygen atoms in total. The monoisotopic (exact) mass is 426 g/mol. The highest BCUT2D eigenvalue weighted by Gasteiger charge is 2.45. The van der Waals surface area contributed by atoms with Gasteiger partial charge < -0.3 is 9.47 Å². The summed E-state index contributed by atoms with van der Waals surface area (Å²) in [4.78, 5) is -0.347. The molecule has 0 N–H and O–H groups in total. The fourth-order valence-electron chi connectivity index (χ4n) is 2.61. The van der Waals surface area contributed by atoms with Gasteiger partial charge in [-0.25, -0.2) is 8.42 Å². The van der Waals surface area contributed by atoms with E-state index in [4.69, 9.17) is 55.0 Å². The van der Waals surface area contributed by atoms with Crippen LogP contribution in [0.1, 0.15) is 11.1 Å². The minimum absolute atomic E-state index is 0.0545. The highest BCUT2D eigenvalue weighted by Crippen LogP contribution is 2.46. The normalized spacial score (nSPS) is 17.2. The second-order valence-corrected chi connectivity index (χ2v) is 8.72. The van der Waals surface area contributed by atoms with Crippen LogP contribution in [0.5, 0.6) is 0 Å². The maximum atomic E-state index is 12.1. The van der Waals surface area contributed by atoms with Crippen LogP contribution < -0.4 is 0 Å². The first-order valence-electron chi connectivity index (χ1n) is 6.73. The van der Waals surface area contributed by atoms with Crippen molar-refractivity contribution in [2.75, 3.05) is 13.2 Å². The van der Waals surface area contributed by atoms with E-state index in [1.165, 1.54) is 12.1 Å².